The molecule has 4 heteroatoms. The number of pyridine rings is 1. The van der Waals surface area contributed by atoms with Crippen LogP contribution in [0.25, 0.3) is 21.9 Å². The molecule has 0 saturated carbocycles. The normalized spacial score (nSPS) is 11.4. The van der Waals surface area contributed by atoms with Crippen LogP contribution in [0.2, 0.25) is 0 Å². The molecule has 2 N–H and O–H groups in total. The van der Waals surface area contributed by atoms with Crippen LogP contribution in [0.5, 0.6) is 5.75 Å². The predicted molar refractivity (Wildman–Crippen MR) is 117 cm³/mol. The smallest absolute Gasteiger partial charge is 0.255 e. The number of H-pyrrole nitrogens is 1. The van der Waals surface area contributed by atoms with E-state index in [1.54, 1.807) is 24.4 Å². The molecule has 3 rings (SSSR count). The van der Waals surface area contributed by atoms with Crippen molar-refractivity contribution < 1.29 is 5.11 Å². The lowest BCUT2D eigenvalue weighted by molar-refractivity contribution is 0.257. The highest BCUT2D eigenvalue weighted by molar-refractivity contribution is 5.99. The minimum Gasteiger partial charge on any atom is -0.507 e. The number of phenols is 1. The van der Waals surface area contributed by atoms with Crippen molar-refractivity contribution >= 4 is 10.8 Å². The lowest BCUT2D eigenvalue weighted by Gasteiger charge is -2.22. The summed E-state index contributed by atoms with van der Waals surface area (Å²) in [5.74, 6) is 0.132. The van der Waals surface area contributed by atoms with Crippen molar-refractivity contribution in [2.24, 2.45) is 0 Å². The first-order chi connectivity index (χ1) is 13.6. The number of aromatic hydroxyl groups is 1. The zero-order chi connectivity index (χ0) is 19.9. The van der Waals surface area contributed by atoms with E-state index in [9.17, 15) is 9.90 Å². The Bertz CT molecular complexity index is 952. The minimum absolute atomic E-state index is 0.132. The molecule has 0 unspecified atom stereocenters. The number of aromatic amines is 1. The Kier molecular flexibility index (Phi) is 6.88. The molecule has 0 amide bonds. The summed E-state index contributed by atoms with van der Waals surface area (Å²) >= 11 is 0. The third kappa shape index (κ3) is 4.63. The maximum Gasteiger partial charge on any atom is 0.255 e. The maximum absolute atomic E-state index is 12.1. The first kappa shape index (κ1) is 20.2. The standard InChI is InChI=1S/C24H30N2O2/c1-3-5-14-26(15-6-4-2)17-18-10-12-19(13-11-18)21-16-25-24(28)20-8-7-9-22(27)23(20)21/h7-13,16,27H,3-6,14-15,17H2,1-2H3,(H,25,28). The number of nitrogens with one attached hydrogen (secondary N) is 1. The molecule has 148 valence electrons. The first-order valence-corrected chi connectivity index (χ1v) is 10.3. The van der Waals surface area contributed by atoms with Gasteiger partial charge in [0.2, 0.25) is 0 Å². The molecular formula is C24H30N2O2. The van der Waals surface area contributed by atoms with Crippen molar-refractivity contribution in [3.05, 3.63) is 64.6 Å². The van der Waals surface area contributed by atoms with Gasteiger partial charge in [-0.2, -0.15) is 0 Å². The number of hydrogen-bond acceptors (Lipinski definition) is 3. The summed E-state index contributed by atoms with van der Waals surface area (Å²) in [6.45, 7) is 7.69. The summed E-state index contributed by atoms with van der Waals surface area (Å²) < 4.78 is 0. The summed E-state index contributed by atoms with van der Waals surface area (Å²) in [7, 11) is 0. The van der Waals surface area contributed by atoms with Crippen LogP contribution in [0.15, 0.2) is 53.5 Å². The van der Waals surface area contributed by atoms with Crippen LogP contribution < -0.4 is 5.56 Å². The topological polar surface area (TPSA) is 56.3 Å². The highest BCUT2D eigenvalue weighted by atomic mass is 16.3. The second-order valence-corrected chi connectivity index (χ2v) is 7.41. The van der Waals surface area contributed by atoms with E-state index in [1.807, 2.05) is 0 Å². The number of benzene rings is 2. The van der Waals surface area contributed by atoms with Crippen LogP contribution in [0.3, 0.4) is 0 Å². The van der Waals surface area contributed by atoms with Crippen LogP contribution in [0, 0.1) is 0 Å². The number of phenolic OH excluding ortho intramolecular Hbond substituents is 1. The van der Waals surface area contributed by atoms with Gasteiger partial charge in [0, 0.05) is 23.7 Å². The van der Waals surface area contributed by atoms with Crippen molar-refractivity contribution in [2.45, 2.75) is 46.1 Å². The Morgan fingerprint density at radius 3 is 2.29 bits per heavy atom. The highest BCUT2D eigenvalue weighted by Gasteiger charge is 2.11. The fourth-order valence-corrected chi connectivity index (χ4v) is 3.61. The minimum atomic E-state index is -0.186. The van der Waals surface area contributed by atoms with E-state index >= 15 is 0 Å². The lowest BCUT2D eigenvalue weighted by Crippen LogP contribution is -2.25. The van der Waals surface area contributed by atoms with Gasteiger partial charge in [0.05, 0.1) is 5.39 Å². The van der Waals surface area contributed by atoms with E-state index in [2.05, 4.69) is 48.0 Å². The second kappa shape index (κ2) is 9.56. The third-order valence-electron chi connectivity index (χ3n) is 5.23. The van der Waals surface area contributed by atoms with Crippen molar-refractivity contribution in [3.8, 4) is 16.9 Å². The zero-order valence-electron chi connectivity index (χ0n) is 16.9. The van der Waals surface area contributed by atoms with Crippen molar-refractivity contribution in [3.63, 3.8) is 0 Å². The van der Waals surface area contributed by atoms with E-state index in [1.165, 1.54) is 31.2 Å². The molecule has 0 spiro atoms. The third-order valence-corrected chi connectivity index (χ3v) is 5.23. The summed E-state index contributed by atoms with van der Waals surface area (Å²) in [4.78, 5) is 17.4. The van der Waals surface area contributed by atoms with Gasteiger partial charge in [-0.15, -0.1) is 0 Å². The molecule has 0 bridgehead atoms. The molecule has 2 aromatic carbocycles. The van der Waals surface area contributed by atoms with E-state index in [0.717, 1.165) is 30.8 Å². The van der Waals surface area contributed by atoms with Crippen LogP contribution in [0.4, 0.5) is 0 Å². The van der Waals surface area contributed by atoms with Crippen molar-refractivity contribution in [2.75, 3.05) is 13.1 Å². The van der Waals surface area contributed by atoms with Gasteiger partial charge >= 0.3 is 0 Å². The van der Waals surface area contributed by atoms with Crippen LogP contribution >= 0.6 is 0 Å². The Labute approximate surface area is 166 Å². The first-order valence-electron chi connectivity index (χ1n) is 10.3. The lowest BCUT2D eigenvalue weighted by atomic mass is 9.99. The van der Waals surface area contributed by atoms with Gasteiger partial charge in [0.15, 0.2) is 0 Å². The number of fused-ring (bicyclic) bond motifs is 1. The molecule has 1 aromatic heterocycles. The molecule has 0 aliphatic rings. The zero-order valence-corrected chi connectivity index (χ0v) is 16.9. The molecule has 4 nitrogen and oxygen atoms in total. The van der Waals surface area contributed by atoms with Gasteiger partial charge in [-0.3, -0.25) is 9.69 Å². The molecular weight excluding hydrogens is 348 g/mol. The number of aromatic nitrogens is 1. The van der Waals surface area contributed by atoms with Crippen LogP contribution in [0.1, 0.15) is 45.1 Å². The molecule has 0 radical (unpaired) electrons. The van der Waals surface area contributed by atoms with E-state index in [4.69, 9.17) is 0 Å². The molecule has 0 atom stereocenters. The van der Waals surface area contributed by atoms with Crippen molar-refractivity contribution in [1.82, 2.24) is 9.88 Å². The molecule has 3 aromatic rings. The quantitative estimate of drug-likeness (QED) is 0.531. The van der Waals surface area contributed by atoms with E-state index in [0.29, 0.717) is 10.8 Å². The monoisotopic (exact) mass is 378 g/mol. The number of hydrogen-bond donors (Lipinski definition) is 2. The van der Waals surface area contributed by atoms with Crippen LogP contribution in [-0.4, -0.2) is 28.1 Å². The maximum atomic E-state index is 12.1. The fourth-order valence-electron chi connectivity index (χ4n) is 3.61. The van der Waals surface area contributed by atoms with Gasteiger partial charge in [-0.25, -0.2) is 0 Å². The van der Waals surface area contributed by atoms with E-state index in [-0.39, 0.29) is 11.3 Å². The Morgan fingerprint density at radius 1 is 0.964 bits per heavy atom. The van der Waals surface area contributed by atoms with Crippen molar-refractivity contribution in [1.29, 1.82) is 0 Å². The Morgan fingerprint density at radius 2 is 1.64 bits per heavy atom. The summed E-state index contributed by atoms with van der Waals surface area (Å²) in [6.07, 6.45) is 6.57. The average molecular weight is 379 g/mol. The van der Waals surface area contributed by atoms with E-state index < -0.39 is 0 Å². The summed E-state index contributed by atoms with van der Waals surface area (Å²) in [6, 6.07) is 13.5. The SMILES string of the molecule is CCCCN(CCCC)Cc1ccc(-c2c[nH]c(=O)c3cccc(O)c23)cc1. The largest absolute Gasteiger partial charge is 0.507 e. The van der Waals surface area contributed by atoms with Gasteiger partial charge in [-0.05, 0) is 49.2 Å². The molecule has 0 fully saturated rings. The fraction of sp³-hybridized carbons (Fsp3) is 0.375. The molecule has 1 heterocycles. The van der Waals surface area contributed by atoms with Gasteiger partial charge in [0.1, 0.15) is 5.75 Å². The number of nitrogens with zero attached hydrogens (tertiary/aromatic N) is 1. The Hall–Kier alpha value is -2.59. The molecule has 28 heavy (non-hydrogen) atoms. The number of unbranched alkanes of at least 4 members (excludes halogenated alkanes) is 2. The summed E-state index contributed by atoms with van der Waals surface area (Å²) in [5, 5.41) is 11.4. The van der Waals surface area contributed by atoms with Crippen LogP contribution in [-0.2, 0) is 6.54 Å². The molecule has 0 saturated heterocycles. The highest BCUT2D eigenvalue weighted by Crippen LogP contribution is 2.32. The van der Waals surface area contributed by atoms with Gasteiger partial charge in [-0.1, -0.05) is 57.0 Å². The Balaban J connectivity index is 1.86. The molecule has 0 aliphatic heterocycles. The van der Waals surface area contributed by atoms with Gasteiger partial charge < -0.3 is 10.1 Å². The molecule has 0 aliphatic carbocycles. The second-order valence-electron chi connectivity index (χ2n) is 7.41. The van der Waals surface area contributed by atoms with Gasteiger partial charge in [0.25, 0.3) is 5.56 Å². The number of rotatable bonds is 9. The predicted octanol–water partition coefficient (Wildman–Crippen LogP) is 5.30. The average Bonchev–Trinajstić information content (AvgIpc) is 2.71. The summed E-state index contributed by atoms with van der Waals surface area (Å²) in [5.41, 5.74) is 2.93.